The molecule has 24 heavy (non-hydrogen) atoms. The number of rotatable bonds is 4. The first kappa shape index (κ1) is 15.9. The van der Waals surface area contributed by atoms with Crippen LogP contribution in [0.15, 0.2) is 47.0 Å². The van der Waals surface area contributed by atoms with Crippen molar-refractivity contribution in [2.75, 3.05) is 0 Å². The lowest BCUT2D eigenvalue weighted by atomic mass is 10.1. The zero-order valence-electron chi connectivity index (χ0n) is 13.3. The van der Waals surface area contributed by atoms with Crippen molar-refractivity contribution in [1.82, 2.24) is 15.5 Å². The molecule has 122 valence electrons. The van der Waals surface area contributed by atoms with Crippen LogP contribution in [0.1, 0.15) is 27.3 Å². The largest absolute Gasteiger partial charge is 0.345 e. The van der Waals surface area contributed by atoms with Crippen molar-refractivity contribution in [1.29, 1.82) is 0 Å². The number of hydrogen-bond donors (Lipinski definition) is 1. The molecule has 0 saturated heterocycles. The summed E-state index contributed by atoms with van der Waals surface area (Å²) < 4.78 is 18.1. The molecule has 3 aromatic rings. The van der Waals surface area contributed by atoms with Gasteiger partial charge in [0, 0.05) is 11.1 Å². The number of aryl methyl sites for hydroxylation is 2. The smallest absolute Gasteiger partial charge is 0.257 e. The Morgan fingerprint density at radius 3 is 2.62 bits per heavy atom. The molecule has 1 amide bonds. The van der Waals surface area contributed by atoms with Gasteiger partial charge in [0.15, 0.2) is 5.82 Å². The molecule has 0 unspecified atom stereocenters. The summed E-state index contributed by atoms with van der Waals surface area (Å²) in [5.74, 6) is 0.109. The second-order valence-electron chi connectivity index (χ2n) is 5.52. The van der Waals surface area contributed by atoms with E-state index in [0.29, 0.717) is 17.0 Å². The Hall–Kier alpha value is -3.02. The van der Waals surface area contributed by atoms with Gasteiger partial charge in [0.1, 0.15) is 5.82 Å². The minimum absolute atomic E-state index is 0.150. The molecule has 0 radical (unpaired) electrons. The van der Waals surface area contributed by atoms with Crippen LogP contribution in [0, 0.1) is 19.7 Å². The molecule has 0 aliphatic carbocycles. The van der Waals surface area contributed by atoms with E-state index in [-0.39, 0.29) is 24.2 Å². The predicted molar refractivity (Wildman–Crippen MR) is 86.8 cm³/mol. The molecule has 0 atom stereocenters. The number of carbonyl (C=O) groups excluding carboxylic acids is 1. The van der Waals surface area contributed by atoms with Crippen LogP contribution in [0.3, 0.4) is 0 Å². The summed E-state index contributed by atoms with van der Waals surface area (Å²) in [5.41, 5.74) is 3.25. The second kappa shape index (κ2) is 6.62. The lowest BCUT2D eigenvalue weighted by molar-refractivity contribution is 0.0949. The third kappa shape index (κ3) is 3.48. The minimum Gasteiger partial charge on any atom is -0.345 e. The van der Waals surface area contributed by atoms with E-state index in [1.807, 2.05) is 26.0 Å². The maximum absolute atomic E-state index is 12.9. The molecule has 1 N–H and O–H groups in total. The topological polar surface area (TPSA) is 68.0 Å². The normalized spacial score (nSPS) is 10.6. The zero-order chi connectivity index (χ0) is 17.1. The van der Waals surface area contributed by atoms with E-state index in [2.05, 4.69) is 15.5 Å². The SMILES string of the molecule is Cc1ccc(C(=O)NCc2noc(-c3ccc(F)cc3)n2)c(C)c1. The molecule has 1 aromatic heterocycles. The van der Waals surface area contributed by atoms with Gasteiger partial charge in [-0.3, -0.25) is 4.79 Å². The monoisotopic (exact) mass is 325 g/mol. The van der Waals surface area contributed by atoms with Crippen LogP contribution in [0.4, 0.5) is 4.39 Å². The number of halogens is 1. The third-order valence-corrected chi connectivity index (χ3v) is 3.59. The average Bonchev–Trinajstić information content (AvgIpc) is 3.02. The molecular weight excluding hydrogens is 309 g/mol. The van der Waals surface area contributed by atoms with Gasteiger partial charge in [0.2, 0.25) is 0 Å². The molecule has 0 aliphatic heterocycles. The highest BCUT2D eigenvalue weighted by molar-refractivity contribution is 5.95. The Morgan fingerprint density at radius 2 is 1.92 bits per heavy atom. The molecule has 2 aromatic carbocycles. The van der Waals surface area contributed by atoms with Crippen LogP contribution in [0.25, 0.3) is 11.5 Å². The summed E-state index contributed by atoms with van der Waals surface area (Å²) in [6.07, 6.45) is 0. The quantitative estimate of drug-likeness (QED) is 0.798. The molecule has 6 heteroatoms. The number of amides is 1. The van der Waals surface area contributed by atoms with E-state index in [4.69, 9.17) is 4.52 Å². The van der Waals surface area contributed by atoms with Gasteiger partial charge >= 0.3 is 0 Å². The number of carbonyl (C=O) groups is 1. The molecule has 3 rings (SSSR count). The molecule has 0 spiro atoms. The van der Waals surface area contributed by atoms with E-state index in [9.17, 15) is 9.18 Å². The fourth-order valence-electron chi connectivity index (χ4n) is 2.36. The number of nitrogens with one attached hydrogen (secondary N) is 1. The summed E-state index contributed by atoms with van der Waals surface area (Å²) in [7, 11) is 0. The van der Waals surface area contributed by atoms with Crippen molar-refractivity contribution >= 4 is 5.91 Å². The summed E-state index contributed by atoms with van der Waals surface area (Å²) in [6, 6.07) is 11.4. The standard InChI is InChI=1S/C18H16FN3O2/c1-11-3-8-15(12(2)9-11)17(23)20-10-16-21-18(24-22-16)13-4-6-14(19)7-5-13/h3-9H,10H2,1-2H3,(H,20,23). The van der Waals surface area contributed by atoms with Gasteiger partial charge in [-0.2, -0.15) is 4.98 Å². The van der Waals surface area contributed by atoms with Gasteiger partial charge in [0.05, 0.1) is 6.54 Å². The van der Waals surface area contributed by atoms with E-state index in [1.165, 1.54) is 12.1 Å². The maximum atomic E-state index is 12.9. The minimum atomic E-state index is -0.334. The van der Waals surface area contributed by atoms with E-state index < -0.39 is 0 Å². The zero-order valence-corrected chi connectivity index (χ0v) is 13.3. The first-order valence-electron chi connectivity index (χ1n) is 7.47. The Bertz CT molecular complexity index is 872. The Labute approximate surface area is 138 Å². The fourth-order valence-corrected chi connectivity index (χ4v) is 2.36. The highest BCUT2D eigenvalue weighted by Crippen LogP contribution is 2.17. The Kier molecular flexibility index (Phi) is 4.37. The van der Waals surface area contributed by atoms with Crippen molar-refractivity contribution in [2.24, 2.45) is 0 Å². The van der Waals surface area contributed by atoms with Gasteiger partial charge in [0.25, 0.3) is 11.8 Å². The summed E-state index contributed by atoms with van der Waals surface area (Å²) in [4.78, 5) is 16.4. The van der Waals surface area contributed by atoms with Crippen LogP contribution in [-0.2, 0) is 6.54 Å². The molecule has 1 heterocycles. The number of hydrogen-bond acceptors (Lipinski definition) is 4. The fraction of sp³-hybridized carbons (Fsp3) is 0.167. The van der Waals surface area contributed by atoms with Crippen molar-refractivity contribution in [3.63, 3.8) is 0 Å². The molecule has 0 bridgehead atoms. The number of benzene rings is 2. The molecule has 5 nitrogen and oxygen atoms in total. The lowest BCUT2D eigenvalue weighted by Crippen LogP contribution is -2.24. The van der Waals surface area contributed by atoms with E-state index >= 15 is 0 Å². The predicted octanol–water partition coefficient (Wildman–Crippen LogP) is 3.42. The van der Waals surface area contributed by atoms with Gasteiger partial charge < -0.3 is 9.84 Å². The molecule has 0 aliphatic rings. The van der Waals surface area contributed by atoms with Crippen LogP contribution >= 0.6 is 0 Å². The summed E-state index contributed by atoms with van der Waals surface area (Å²) >= 11 is 0. The van der Waals surface area contributed by atoms with Crippen molar-refractivity contribution in [3.8, 4) is 11.5 Å². The van der Waals surface area contributed by atoms with Crippen LogP contribution in [0.5, 0.6) is 0 Å². The first-order valence-corrected chi connectivity index (χ1v) is 7.47. The van der Waals surface area contributed by atoms with E-state index in [1.54, 1.807) is 18.2 Å². The average molecular weight is 325 g/mol. The highest BCUT2D eigenvalue weighted by Gasteiger charge is 2.12. The lowest BCUT2D eigenvalue weighted by Gasteiger charge is -2.06. The molecular formula is C18H16FN3O2. The van der Waals surface area contributed by atoms with Crippen LogP contribution in [0.2, 0.25) is 0 Å². The third-order valence-electron chi connectivity index (χ3n) is 3.59. The number of aromatic nitrogens is 2. The summed E-state index contributed by atoms with van der Waals surface area (Å²) in [6.45, 7) is 4.02. The van der Waals surface area contributed by atoms with Crippen molar-refractivity contribution in [3.05, 3.63) is 70.8 Å². The second-order valence-corrected chi connectivity index (χ2v) is 5.52. The Balaban J connectivity index is 1.67. The molecule has 0 saturated carbocycles. The molecule has 0 fully saturated rings. The van der Waals surface area contributed by atoms with Gasteiger partial charge in [-0.05, 0) is 49.7 Å². The first-order chi connectivity index (χ1) is 11.5. The van der Waals surface area contributed by atoms with Crippen molar-refractivity contribution < 1.29 is 13.7 Å². The van der Waals surface area contributed by atoms with E-state index in [0.717, 1.165) is 11.1 Å². The van der Waals surface area contributed by atoms with Crippen LogP contribution < -0.4 is 5.32 Å². The van der Waals surface area contributed by atoms with Gasteiger partial charge in [-0.15, -0.1) is 0 Å². The Morgan fingerprint density at radius 1 is 1.17 bits per heavy atom. The summed E-state index contributed by atoms with van der Waals surface area (Å²) in [5, 5.41) is 6.59. The highest BCUT2D eigenvalue weighted by atomic mass is 19.1. The van der Waals surface area contributed by atoms with Crippen LogP contribution in [-0.4, -0.2) is 16.0 Å². The van der Waals surface area contributed by atoms with Gasteiger partial charge in [-0.1, -0.05) is 22.9 Å². The van der Waals surface area contributed by atoms with Gasteiger partial charge in [-0.25, -0.2) is 4.39 Å². The van der Waals surface area contributed by atoms with Crippen molar-refractivity contribution in [2.45, 2.75) is 20.4 Å². The number of nitrogens with zero attached hydrogens (tertiary/aromatic N) is 2. The maximum Gasteiger partial charge on any atom is 0.257 e.